The predicted octanol–water partition coefficient (Wildman–Crippen LogP) is 16.0. The fourth-order valence-corrected chi connectivity index (χ4v) is 10.5. The third kappa shape index (κ3) is 4.94. The van der Waals surface area contributed by atoms with Crippen molar-refractivity contribution < 1.29 is 9.15 Å². The normalized spacial score (nSPS) is 13.1. The van der Waals surface area contributed by atoms with Gasteiger partial charge in [-0.15, -0.1) is 0 Å². The summed E-state index contributed by atoms with van der Waals surface area (Å²) in [5, 5.41) is 4.66. The predicted molar refractivity (Wildman–Crippen MR) is 254 cm³/mol. The Morgan fingerprint density at radius 2 is 0.919 bits per heavy atom. The van der Waals surface area contributed by atoms with Crippen molar-refractivity contribution in [2.75, 3.05) is 4.90 Å². The van der Waals surface area contributed by atoms with Crippen LogP contribution in [-0.4, -0.2) is 0 Å². The topological polar surface area (TPSA) is 25.6 Å². The van der Waals surface area contributed by atoms with Crippen LogP contribution in [0.25, 0.3) is 66.1 Å². The van der Waals surface area contributed by atoms with E-state index in [0.29, 0.717) is 0 Å². The molecule has 10 aromatic carbocycles. The highest BCUT2D eigenvalue weighted by atomic mass is 16.5. The Morgan fingerprint density at radius 3 is 1.68 bits per heavy atom. The standard InChI is InChI=1S/C59H37NO2/c1-2-14-38(15-3-1)39-28-33-42(34-29-39)60(51-23-13-27-55-58(51)46-18-6-9-24-52(46)61-55)43-35-30-41(31-36-43)45-19-12-22-49-56(45)57-44-17-5-4-16-40(44)32-37-50(57)59(49)47-20-7-10-25-53(47)62-54-26-11-8-21-48(54)59/h1-37H. The van der Waals surface area contributed by atoms with Gasteiger partial charge in [-0.3, -0.25) is 0 Å². The molecule has 0 N–H and O–H groups in total. The van der Waals surface area contributed by atoms with Crippen molar-refractivity contribution in [3.05, 3.63) is 247 Å². The van der Waals surface area contributed by atoms with E-state index < -0.39 is 5.41 Å². The molecular weight excluding hydrogens is 755 g/mol. The Bertz CT molecular complexity index is 3500. The second-order valence-electron chi connectivity index (χ2n) is 16.3. The minimum absolute atomic E-state index is 0.565. The molecule has 2 aliphatic rings. The highest BCUT2D eigenvalue weighted by Crippen LogP contribution is 2.64. The Kier molecular flexibility index (Phi) is 7.52. The summed E-state index contributed by atoms with van der Waals surface area (Å²) in [6.07, 6.45) is 0. The molecule has 0 saturated heterocycles. The molecule has 1 aliphatic carbocycles. The van der Waals surface area contributed by atoms with Crippen LogP contribution in [0.3, 0.4) is 0 Å². The van der Waals surface area contributed by atoms with Crippen molar-refractivity contribution in [2.45, 2.75) is 5.41 Å². The average Bonchev–Trinajstić information content (AvgIpc) is 3.87. The molecule has 0 radical (unpaired) electrons. The number of hydrogen-bond donors (Lipinski definition) is 0. The van der Waals surface area contributed by atoms with Gasteiger partial charge >= 0.3 is 0 Å². The first-order valence-electron chi connectivity index (χ1n) is 21.2. The zero-order valence-electron chi connectivity index (χ0n) is 33.6. The lowest BCUT2D eigenvalue weighted by Gasteiger charge is -2.39. The molecule has 290 valence electrons. The van der Waals surface area contributed by atoms with Crippen molar-refractivity contribution in [2.24, 2.45) is 0 Å². The third-order valence-corrected chi connectivity index (χ3v) is 13.1. The minimum atomic E-state index is -0.565. The fraction of sp³-hybridized carbons (Fsp3) is 0.0169. The van der Waals surface area contributed by atoms with Gasteiger partial charge in [-0.25, -0.2) is 0 Å². The molecule has 3 nitrogen and oxygen atoms in total. The molecule has 0 amide bonds. The molecular formula is C59H37NO2. The highest BCUT2D eigenvalue weighted by molar-refractivity contribution is 6.13. The number of benzene rings is 10. The maximum Gasteiger partial charge on any atom is 0.137 e. The molecule has 1 aromatic heterocycles. The van der Waals surface area contributed by atoms with Gasteiger partial charge in [0.15, 0.2) is 0 Å². The molecule has 0 atom stereocenters. The SMILES string of the molecule is c1ccc(-c2ccc(N(c3ccc(-c4cccc5c4-c4c(ccc6ccccc46)C54c5ccccc5Oc5ccccc54)cc3)c3cccc4oc5ccccc5c34)cc2)cc1. The van der Waals surface area contributed by atoms with Crippen molar-refractivity contribution in [1.29, 1.82) is 0 Å². The molecule has 3 heteroatoms. The third-order valence-electron chi connectivity index (χ3n) is 13.1. The van der Waals surface area contributed by atoms with Crippen LogP contribution in [0.2, 0.25) is 0 Å². The zero-order valence-corrected chi connectivity index (χ0v) is 33.6. The smallest absolute Gasteiger partial charge is 0.137 e. The average molecular weight is 792 g/mol. The van der Waals surface area contributed by atoms with Crippen molar-refractivity contribution >= 4 is 49.8 Å². The van der Waals surface area contributed by atoms with Crippen LogP contribution >= 0.6 is 0 Å². The number of nitrogens with zero attached hydrogens (tertiary/aromatic N) is 1. The summed E-state index contributed by atoms with van der Waals surface area (Å²) in [6.45, 7) is 0. The second kappa shape index (κ2) is 13.4. The van der Waals surface area contributed by atoms with Crippen LogP contribution in [0.5, 0.6) is 11.5 Å². The summed E-state index contributed by atoms with van der Waals surface area (Å²) in [6, 6.07) is 80.8. The van der Waals surface area contributed by atoms with E-state index in [4.69, 9.17) is 9.15 Å². The van der Waals surface area contributed by atoms with Crippen LogP contribution in [0.15, 0.2) is 229 Å². The molecule has 1 aliphatic heterocycles. The van der Waals surface area contributed by atoms with E-state index in [0.717, 1.165) is 67.2 Å². The monoisotopic (exact) mass is 791 g/mol. The van der Waals surface area contributed by atoms with E-state index in [9.17, 15) is 0 Å². The second-order valence-corrected chi connectivity index (χ2v) is 16.3. The molecule has 0 saturated carbocycles. The van der Waals surface area contributed by atoms with E-state index in [1.807, 2.05) is 12.1 Å². The van der Waals surface area contributed by atoms with Crippen LogP contribution in [0, 0.1) is 0 Å². The minimum Gasteiger partial charge on any atom is -0.457 e. The van der Waals surface area contributed by atoms with Crippen LogP contribution < -0.4 is 9.64 Å². The van der Waals surface area contributed by atoms with Crippen LogP contribution in [0.1, 0.15) is 22.3 Å². The fourth-order valence-electron chi connectivity index (χ4n) is 10.5. The Balaban J connectivity index is 1.02. The summed E-state index contributed by atoms with van der Waals surface area (Å²) in [5.74, 6) is 1.79. The van der Waals surface area contributed by atoms with Crippen LogP contribution in [-0.2, 0) is 5.41 Å². The van der Waals surface area contributed by atoms with Gasteiger partial charge in [0.25, 0.3) is 0 Å². The highest BCUT2D eigenvalue weighted by Gasteiger charge is 2.52. The van der Waals surface area contributed by atoms with Crippen LogP contribution in [0.4, 0.5) is 17.1 Å². The quantitative estimate of drug-likeness (QED) is 0.174. The van der Waals surface area contributed by atoms with E-state index in [1.54, 1.807) is 0 Å². The molecule has 0 unspecified atom stereocenters. The lowest BCUT2D eigenvalue weighted by molar-refractivity contribution is 0.436. The number of furan rings is 1. The number of ether oxygens (including phenoxy) is 1. The lowest BCUT2D eigenvalue weighted by atomic mass is 9.66. The molecule has 11 aromatic rings. The van der Waals surface area contributed by atoms with Gasteiger partial charge in [0.05, 0.1) is 16.5 Å². The van der Waals surface area contributed by atoms with Gasteiger partial charge in [-0.1, -0.05) is 170 Å². The Hall–Kier alpha value is -8.14. The van der Waals surface area contributed by atoms with Crippen molar-refractivity contribution in [3.8, 4) is 44.9 Å². The number of rotatable bonds is 5. The molecule has 2 heterocycles. The molecule has 13 rings (SSSR count). The number of para-hydroxylation sites is 3. The van der Waals surface area contributed by atoms with Gasteiger partial charge in [-0.05, 0) is 110 Å². The first-order chi connectivity index (χ1) is 30.8. The maximum atomic E-state index is 6.67. The summed E-state index contributed by atoms with van der Waals surface area (Å²) < 4.78 is 13.1. The zero-order chi connectivity index (χ0) is 40.8. The van der Waals surface area contributed by atoms with Gasteiger partial charge in [0.2, 0.25) is 0 Å². The van der Waals surface area contributed by atoms with E-state index in [2.05, 4.69) is 217 Å². The molecule has 1 spiro atoms. The number of fused-ring (bicyclic) bond motifs is 14. The number of hydrogen-bond acceptors (Lipinski definition) is 3. The van der Waals surface area contributed by atoms with Crippen molar-refractivity contribution in [1.82, 2.24) is 0 Å². The molecule has 0 bridgehead atoms. The van der Waals surface area contributed by atoms with E-state index in [-0.39, 0.29) is 0 Å². The summed E-state index contributed by atoms with van der Waals surface area (Å²) in [5.41, 5.74) is 16.5. The van der Waals surface area contributed by atoms with Gasteiger partial charge < -0.3 is 14.1 Å². The molecule has 0 fully saturated rings. The Labute approximate surface area is 359 Å². The first-order valence-corrected chi connectivity index (χ1v) is 21.2. The number of anilines is 3. The summed E-state index contributed by atoms with van der Waals surface area (Å²) in [7, 11) is 0. The lowest BCUT2D eigenvalue weighted by Crippen LogP contribution is -2.32. The molecule has 62 heavy (non-hydrogen) atoms. The van der Waals surface area contributed by atoms with Gasteiger partial charge in [0, 0.05) is 27.9 Å². The van der Waals surface area contributed by atoms with Gasteiger partial charge in [-0.2, -0.15) is 0 Å². The maximum absolute atomic E-state index is 6.67. The van der Waals surface area contributed by atoms with E-state index >= 15 is 0 Å². The Morgan fingerprint density at radius 1 is 0.355 bits per heavy atom. The van der Waals surface area contributed by atoms with Gasteiger partial charge in [0.1, 0.15) is 22.7 Å². The first kappa shape index (κ1) is 34.7. The van der Waals surface area contributed by atoms with Crippen molar-refractivity contribution in [3.63, 3.8) is 0 Å². The largest absolute Gasteiger partial charge is 0.457 e. The summed E-state index contributed by atoms with van der Waals surface area (Å²) in [4.78, 5) is 2.37. The van der Waals surface area contributed by atoms with E-state index in [1.165, 1.54) is 49.7 Å². The summed E-state index contributed by atoms with van der Waals surface area (Å²) >= 11 is 0.